The Bertz CT molecular complexity index is 321. The molecule has 2 N–H and O–H groups in total. The van der Waals surface area contributed by atoms with E-state index in [1.54, 1.807) is 19.1 Å². The number of aromatic nitrogens is 1. The number of carbonyl (C=O) groups excluding carboxylic acids is 1. The van der Waals surface area contributed by atoms with Crippen molar-refractivity contribution in [2.24, 2.45) is 0 Å². The molecule has 0 aromatic carbocycles. The first-order valence-electron chi connectivity index (χ1n) is 4.19. The summed E-state index contributed by atoms with van der Waals surface area (Å²) in [4.78, 5) is 15.1. The molecule has 1 aromatic rings. The lowest BCUT2D eigenvalue weighted by atomic mass is 10.2. The monoisotopic (exact) mass is 258 g/mol. The van der Waals surface area contributed by atoms with E-state index in [4.69, 9.17) is 10.5 Å². The number of nitrogen functional groups attached to an aromatic ring is 1. The lowest BCUT2D eigenvalue weighted by Crippen LogP contribution is -2.08. The summed E-state index contributed by atoms with van der Waals surface area (Å²) in [5, 5.41) is 0. The normalized spacial score (nSPS) is 9.86. The van der Waals surface area contributed by atoms with E-state index in [1.165, 1.54) is 0 Å². The van der Waals surface area contributed by atoms with Crippen LogP contribution in [0.25, 0.3) is 0 Å². The summed E-state index contributed by atoms with van der Waals surface area (Å²) in [6, 6.07) is 3.40. The highest BCUT2D eigenvalue weighted by Crippen LogP contribution is 2.13. The fraction of sp³-hybridized carbons (Fsp3) is 0.333. The SMILES string of the molecule is CCOC(=O)Cc1cc(N)nc(Br)c1. The van der Waals surface area contributed by atoms with Crippen molar-refractivity contribution in [3.63, 3.8) is 0 Å². The van der Waals surface area contributed by atoms with Crippen molar-refractivity contribution in [1.82, 2.24) is 4.98 Å². The van der Waals surface area contributed by atoms with Gasteiger partial charge in [-0.1, -0.05) is 0 Å². The van der Waals surface area contributed by atoms with Crippen molar-refractivity contribution in [2.45, 2.75) is 13.3 Å². The molecule has 76 valence electrons. The van der Waals surface area contributed by atoms with Crippen molar-refractivity contribution in [3.8, 4) is 0 Å². The molecule has 0 aliphatic rings. The summed E-state index contributed by atoms with van der Waals surface area (Å²) in [7, 11) is 0. The minimum absolute atomic E-state index is 0.221. The Morgan fingerprint density at radius 1 is 1.64 bits per heavy atom. The maximum Gasteiger partial charge on any atom is 0.310 e. The highest BCUT2D eigenvalue weighted by atomic mass is 79.9. The summed E-state index contributed by atoms with van der Waals surface area (Å²) >= 11 is 3.20. The van der Waals surface area contributed by atoms with E-state index in [1.807, 2.05) is 0 Å². The molecule has 0 saturated carbocycles. The van der Waals surface area contributed by atoms with E-state index < -0.39 is 0 Å². The van der Waals surface area contributed by atoms with E-state index in [0.717, 1.165) is 5.56 Å². The molecule has 0 fully saturated rings. The Kier molecular flexibility index (Phi) is 3.88. The van der Waals surface area contributed by atoms with E-state index >= 15 is 0 Å². The predicted molar refractivity (Wildman–Crippen MR) is 56.7 cm³/mol. The summed E-state index contributed by atoms with van der Waals surface area (Å²) in [5.41, 5.74) is 6.31. The van der Waals surface area contributed by atoms with E-state index in [-0.39, 0.29) is 12.4 Å². The number of hydrogen-bond acceptors (Lipinski definition) is 4. The fourth-order valence-electron chi connectivity index (χ4n) is 1.05. The number of anilines is 1. The van der Waals surface area contributed by atoms with Gasteiger partial charge in [0.1, 0.15) is 10.4 Å². The van der Waals surface area contributed by atoms with Gasteiger partial charge in [-0.3, -0.25) is 4.79 Å². The lowest BCUT2D eigenvalue weighted by Gasteiger charge is -2.03. The minimum atomic E-state index is -0.259. The smallest absolute Gasteiger partial charge is 0.310 e. The van der Waals surface area contributed by atoms with Crippen LogP contribution in [0, 0.1) is 0 Å². The van der Waals surface area contributed by atoms with Gasteiger partial charge in [0, 0.05) is 0 Å². The third-order valence-electron chi connectivity index (χ3n) is 1.53. The number of pyridine rings is 1. The first kappa shape index (κ1) is 11.0. The number of nitrogens with two attached hydrogens (primary N) is 1. The Morgan fingerprint density at radius 2 is 2.36 bits per heavy atom. The number of nitrogens with zero attached hydrogens (tertiary/aromatic N) is 1. The number of esters is 1. The minimum Gasteiger partial charge on any atom is -0.466 e. The van der Waals surface area contributed by atoms with E-state index in [9.17, 15) is 4.79 Å². The van der Waals surface area contributed by atoms with Gasteiger partial charge in [0.05, 0.1) is 13.0 Å². The molecular formula is C9H11BrN2O2. The zero-order valence-electron chi connectivity index (χ0n) is 7.79. The van der Waals surface area contributed by atoms with Crippen molar-refractivity contribution in [2.75, 3.05) is 12.3 Å². The molecule has 0 radical (unpaired) electrons. The molecule has 0 saturated heterocycles. The Hall–Kier alpha value is -1.10. The van der Waals surface area contributed by atoms with Gasteiger partial charge in [-0.2, -0.15) is 0 Å². The Balaban J connectivity index is 2.71. The van der Waals surface area contributed by atoms with Crippen molar-refractivity contribution < 1.29 is 9.53 Å². The molecular weight excluding hydrogens is 248 g/mol. The second-order valence-corrected chi connectivity index (χ2v) is 3.52. The second-order valence-electron chi connectivity index (χ2n) is 2.70. The number of hydrogen-bond donors (Lipinski definition) is 1. The van der Waals surface area contributed by atoms with Crippen LogP contribution in [-0.4, -0.2) is 17.6 Å². The van der Waals surface area contributed by atoms with Gasteiger partial charge in [-0.25, -0.2) is 4.98 Å². The topological polar surface area (TPSA) is 65.2 Å². The summed E-state index contributed by atoms with van der Waals surface area (Å²) in [5.74, 6) is 0.128. The maximum absolute atomic E-state index is 11.1. The van der Waals surface area contributed by atoms with Crippen LogP contribution in [0.3, 0.4) is 0 Å². The number of ether oxygens (including phenoxy) is 1. The van der Waals surface area contributed by atoms with Gasteiger partial charge in [0.25, 0.3) is 0 Å². The van der Waals surface area contributed by atoms with Gasteiger partial charge < -0.3 is 10.5 Å². The summed E-state index contributed by atoms with van der Waals surface area (Å²) in [6.45, 7) is 2.16. The van der Waals surface area contributed by atoms with Gasteiger partial charge in [0.15, 0.2) is 0 Å². The van der Waals surface area contributed by atoms with Crippen molar-refractivity contribution in [3.05, 3.63) is 22.3 Å². The largest absolute Gasteiger partial charge is 0.466 e. The molecule has 0 spiro atoms. The molecule has 14 heavy (non-hydrogen) atoms. The van der Waals surface area contributed by atoms with Crippen LogP contribution < -0.4 is 5.73 Å². The molecule has 0 aliphatic heterocycles. The molecule has 1 aromatic heterocycles. The van der Waals surface area contributed by atoms with Crippen LogP contribution >= 0.6 is 15.9 Å². The highest BCUT2D eigenvalue weighted by molar-refractivity contribution is 9.10. The summed E-state index contributed by atoms with van der Waals surface area (Å²) < 4.78 is 5.43. The van der Waals surface area contributed by atoms with Crippen LogP contribution in [0.2, 0.25) is 0 Å². The van der Waals surface area contributed by atoms with Gasteiger partial charge in [-0.05, 0) is 40.5 Å². The quantitative estimate of drug-likeness (QED) is 0.660. The first-order valence-corrected chi connectivity index (χ1v) is 4.98. The standard InChI is InChI=1S/C9H11BrN2O2/c1-2-14-9(13)5-6-3-7(10)12-8(11)4-6/h3-4H,2,5H2,1H3,(H2,11,12). The third kappa shape index (κ3) is 3.33. The number of carbonyl (C=O) groups is 1. The zero-order chi connectivity index (χ0) is 10.6. The number of rotatable bonds is 3. The van der Waals surface area contributed by atoms with Crippen LogP contribution in [0.1, 0.15) is 12.5 Å². The van der Waals surface area contributed by atoms with Crippen LogP contribution in [0.4, 0.5) is 5.82 Å². The van der Waals surface area contributed by atoms with Crippen LogP contribution in [0.15, 0.2) is 16.7 Å². The average molecular weight is 259 g/mol. The number of halogens is 1. The maximum atomic E-state index is 11.1. The zero-order valence-corrected chi connectivity index (χ0v) is 9.37. The molecule has 4 nitrogen and oxygen atoms in total. The second kappa shape index (κ2) is 4.95. The highest BCUT2D eigenvalue weighted by Gasteiger charge is 2.05. The van der Waals surface area contributed by atoms with Gasteiger partial charge >= 0.3 is 5.97 Å². The lowest BCUT2D eigenvalue weighted by molar-refractivity contribution is -0.142. The van der Waals surface area contributed by atoms with E-state index in [0.29, 0.717) is 17.0 Å². The molecule has 5 heteroatoms. The molecule has 1 heterocycles. The molecule has 0 bridgehead atoms. The molecule has 0 unspecified atom stereocenters. The Labute approximate surface area is 90.6 Å². The third-order valence-corrected chi connectivity index (χ3v) is 1.93. The van der Waals surface area contributed by atoms with Gasteiger partial charge in [-0.15, -0.1) is 0 Å². The first-order chi connectivity index (χ1) is 6.61. The molecule has 0 amide bonds. The van der Waals surface area contributed by atoms with Crippen molar-refractivity contribution >= 4 is 27.7 Å². The molecule has 0 aliphatic carbocycles. The van der Waals surface area contributed by atoms with Gasteiger partial charge in [0.2, 0.25) is 0 Å². The van der Waals surface area contributed by atoms with E-state index in [2.05, 4.69) is 20.9 Å². The van der Waals surface area contributed by atoms with Crippen LogP contribution in [-0.2, 0) is 16.0 Å². The molecule has 1 rings (SSSR count). The van der Waals surface area contributed by atoms with Crippen molar-refractivity contribution in [1.29, 1.82) is 0 Å². The average Bonchev–Trinajstić information content (AvgIpc) is 2.01. The summed E-state index contributed by atoms with van der Waals surface area (Å²) in [6.07, 6.45) is 0.221. The van der Waals surface area contributed by atoms with Crippen LogP contribution in [0.5, 0.6) is 0 Å². The molecule has 0 atom stereocenters. The Morgan fingerprint density at radius 3 is 2.93 bits per heavy atom. The fourth-order valence-corrected chi connectivity index (χ4v) is 1.55. The predicted octanol–water partition coefficient (Wildman–Crippen LogP) is 1.53.